The first-order valence-electron chi connectivity index (χ1n) is 9.91. The molecule has 1 fully saturated rings. The first kappa shape index (κ1) is 20.3. The summed E-state index contributed by atoms with van der Waals surface area (Å²) in [5.74, 6) is 0.215. The molecule has 0 aliphatic carbocycles. The van der Waals surface area contributed by atoms with Crippen molar-refractivity contribution in [3.63, 3.8) is 0 Å². The van der Waals surface area contributed by atoms with Crippen LogP contribution in [-0.2, 0) is 0 Å². The van der Waals surface area contributed by atoms with Crippen LogP contribution in [-0.4, -0.2) is 55.7 Å². The molecule has 3 aromatic rings. The quantitative estimate of drug-likeness (QED) is 0.668. The van der Waals surface area contributed by atoms with E-state index in [0.29, 0.717) is 16.3 Å². The number of anilines is 2. The average molecular weight is 425 g/mol. The van der Waals surface area contributed by atoms with E-state index in [9.17, 15) is 4.79 Å². The van der Waals surface area contributed by atoms with Gasteiger partial charge in [0.25, 0.3) is 5.91 Å². The summed E-state index contributed by atoms with van der Waals surface area (Å²) < 4.78 is 7.39. The van der Waals surface area contributed by atoms with Crippen LogP contribution in [0, 0.1) is 0 Å². The standard InChI is InChI=1S/C23H25ClN4O2/c1-26-11-13-28(14-12-26)20-8-4-3-7-19(20)25-23(29)17-15-18(24)21(16-22(17)30-2)27-9-5-6-10-27/h3-10,15-16H,11-14H2,1-2H3,(H,25,29). The fraction of sp³-hybridized carbons (Fsp3) is 0.261. The number of carbonyl (C=O) groups excluding carboxylic acids is 1. The van der Waals surface area contributed by atoms with Gasteiger partial charge < -0.3 is 24.4 Å². The van der Waals surface area contributed by atoms with Crippen molar-refractivity contribution in [3.05, 3.63) is 71.5 Å². The largest absolute Gasteiger partial charge is 0.496 e. The van der Waals surface area contributed by atoms with Crippen LogP contribution in [0.15, 0.2) is 60.9 Å². The number of nitrogens with one attached hydrogen (secondary N) is 1. The molecular weight excluding hydrogens is 400 g/mol. The van der Waals surface area contributed by atoms with Gasteiger partial charge in [0.05, 0.1) is 34.8 Å². The lowest BCUT2D eigenvalue weighted by Crippen LogP contribution is -2.44. The fourth-order valence-electron chi connectivity index (χ4n) is 3.67. The van der Waals surface area contributed by atoms with Crippen molar-refractivity contribution < 1.29 is 9.53 Å². The molecule has 0 bridgehead atoms. The third-order valence-electron chi connectivity index (χ3n) is 5.39. The Morgan fingerprint density at radius 1 is 1.00 bits per heavy atom. The summed E-state index contributed by atoms with van der Waals surface area (Å²) in [5.41, 5.74) is 2.95. The predicted octanol–water partition coefficient (Wildman–Crippen LogP) is 4.14. The summed E-state index contributed by atoms with van der Waals surface area (Å²) >= 11 is 6.49. The van der Waals surface area contributed by atoms with E-state index in [1.165, 1.54) is 0 Å². The van der Waals surface area contributed by atoms with E-state index in [2.05, 4.69) is 22.2 Å². The second-order valence-corrected chi connectivity index (χ2v) is 7.76. The van der Waals surface area contributed by atoms with Gasteiger partial charge in [-0.15, -0.1) is 0 Å². The molecule has 2 aromatic carbocycles. The maximum absolute atomic E-state index is 13.1. The molecule has 0 saturated carbocycles. The Morgan fingerprint density at radius 3 is 2.40 bits per heavy atom. The minimum Gasteiger partial charge on any atom is -0.496 e. The lowest BCUT2D eigenvalue weighted by atomic mass is 10.1. The summed E-state index contributed by atoms with van der Waals surface area (Å²) in [6, 6.07) is 15.2. The third-order valence-corrected chi connectivity index (χ3v) is 5.70. The van der Waals surface area contributed by atoms with Gasteiger partial charge in [0, 0.05) is 44.6 Å². The molecule has 1 saturated heterocycles. The van der Waals surface area contributed by atoms with Gasteiger partial charge in [-0.2, -0.15) is 0 Å². The number of methoxy groups -OCH3 is 1. The van der Waals surface area contributed by atoms with E-state index in [1.807, 2.05) is 53.4 Å². The number of hydrogen-bond donors (Lipinski definition) is 1. The molecule has 0 spiro atoms. The summed E-state index contributed by atoms with van der Waals surface area (Å²) in [6.45, 7) is 3.83. The number of nitrogens with zero attached hydrogens (tertiary/aromatic N) is 3. The Kier molecular flexibility index (Phi) is 5.97. The van der Waals surface area contributed by atoms with E-state index < -0.39 is 0 Å². The average Bonchev–Trinajstić information content (AvgIpc) is 3.29. The molecular formula is C23H25ClN4O2. The Hall–Kier alpha value is -2.96. The summed E-state index contributed by atoms with van der Waals surface area (Å²) in [4.78, 5) is 17.8. The van der Waals surface area contributed by atoms with Gasteiger partial charge in [0.2, 0.25) is 0 Å². The van der Waals surface area contributed by atoms with E-state index in [-0.39, 0.29) is 5.91 Å². The first-order chi connectivity index (χ1) is 14.6. The summed E-state index contributed by atoms with van der Waals surface area (Å²) in [6.07, 6.45) is 3.79. The van der Waals surface area contributed by atoms with Crippen molar-refractivity contribution in [1.82, 2.24) is 9.47 Å². The van der Waals surface area contributed by atoms with Crippen molar-refractivity contribution in [1.29, 1.82) is 0 Å². The zero-order chi connectivity index (χ0) is 21.1. The van der Waals surface area contributed by atoms with Gasteiger partial charge in [-0.3, -0.25) is 4.79 Å². The molecule has 4 rings (SSSR count). The highest BCUT2D eigenvalue weighted by atomic mass is 35.5. The van der Waals surface area contributed by atoms with Gasteiger partial charge >= 0.3 is 0 Å². The third kappa shape index (κ3) is 4.15. The molecule has 1 amide bonds. The summed E-state index contributed by atoms with van der Waals surface area (Å²) in [5, 5.41) is 3.53. The van der Waals surface area contributed by atoms with Crippen molar-refractivity contribution in [2.75, 3.05) is 50.6 Å². The van der Waals surface area contributed by atoms with Crippen molar-refractivity contribution in [3.8, 4) is 11.4 Å². The van der Waals surface area contributed by atoms with Crippen molar-refractivity contribution >= 4 is 28.9 Å². The number of benzene rings is 2. The van der Waals surface area contributed by atoms with Crippen LogP contribution in [0.1, 0.15) is 10.4 Å². The second kappa shape index (κ2) is 8.81. The molecule has 1 aliphatic rings. The monoisotopic (exact) mass is 424 g/mol. The lowest BCUT2D eigenvalue weighted by Gasteiger charge is -2.35. The number of piperazine rings is 1. The van der Waals surface area contributed by atoms with E-state index >= 15 is 0 Å². The van der Waals surface area contributed by atoms with Crippen LogP contribution in [0.5, 0.6) is 5.75 Å². The molecule has 1 aromatic heterocycles. The van der Waals surface area contributed by atoms with E-state index in [0.717, 1.165) is 43.2 Å². The number of rotatable bonds is 5. The van der Waals surface area contributed by atoms with E-state index in [1.54, 1.807) is 19.2 Å². The van der Waals surface area contributed by atoms with Crippen LogP contribution in [0.2, 0.25) is 5.02 Å². The molecule has 1 N–H and O–H groups in total. The topological polar surface area (TPSA) is 49.7 Å². The number of hydrogen-bond acceptors (Lipinski definition) is 4. The van der Waals surface area contributed by atoms with Crippen LogP contribution in [0.4, 0.5) is 11.4 Å². The predicted molar refractivity (Wildman–Crippen MR) is 121 cm³/mol. The Balaban J connectivity index is 1.61. The van der Waals surface area contributed by atoms with Gasteiger partial charge in [-0.25, -0.2) is 0 Å². The number of ether oxygens (including phenoxy) is 1. The SMILES string of the molecule is COc1cc(-n2cccc2)c(Cl)cc1C(=O)Nc1ccccc1N1CCN(C)CC1. The van der Waals surface area contributed by atoms with Crippen LogP contribution in [0.25, 0.3) is 5.69 Å². The Morgan fingerprint density at radius 2 is 1.70 bits per heavy atom. The second-order valence-electron chi connectivity index (χ2n) is 7.36. The van der Waals surface area contributed by atoms with Crippen LogP contribution in [0.3, 0.4) is 0 Å². The van der Waals surface area contributed by atoms with Gasteiger partial charge in [-0.1, -0.05) is 23.7 Å². The zero-order valence-corrected chi connectivity index (χ0v) is 17.9. The van der Waals surface area contributed by atoms with Crippen LogP contribution >= 0.6 is 11.6 Å². The van der Waals surface area contributed by atoms with Crippen molar-refractivity contribution in [2.45, 2.75) is 0 Å². The molecule has 0 radical (unpaired) electrons. The zero-order valence-electron chi connectivity index (χ0n) is 17.1. The fourth-order valence-corrected chi connectivity index (χ4v) is 3.94. The molecule has 30 heavy (non-hydrogen) atoms. The minimum atomic E-state index is -0.255. The highest BCUT2D eigenvalue weighted by Gasteiger charge is 2.20. The highest BCUT2D eigenvalue weighted by molar-refractivity contribution is 6.33. The maximum Gasteiger partial charge on any atom is 0.259 e. The molecule has 7 heteroatoms. The molecule has 0 atom stereocenters. The summed E-state index contributed by atoms with van der Waals surface area (Å²) in [7, 11) is 3.68. The molecule has 0 unspecified atom stereocenters. The van der Waals surface area contributed by atoms with Crippen molar-refractivity contribution in [2.24, 2.45) is 0 Å². The Bertz CT molecular complexity index is 1030. The maximum atomic E-state index is 13.1. The number of carbonyl (C=O) groups is 1. The number of aromatic nitrogens is 1. The lowest BCUT2D eigenvalue weighted by molar-refractivity contribution is 0.102. The van der Waals surface area contributed by atoms with Gasteiger partial charge in [-0.05, 0) is 37.4 Å². The van der Waals surface area contributed by atoms with Gasteiger partial charge in [0.15, 0.2) is 0 Å². The number of halogens is 1. The molecule has 156 valence electrons. The molecule has 6 nitrogen and oxygen atoms in total. The van der Waals surface area contributed by atoms with Gasteiger partial charge in [0.1, 0.15) is 5.75 Å². The highest BCUT2D eigenvalue weighted by Crippen LogP contribution is 2.32. The Labute approximate surface area is 181 Å². The molecule has 1 aliphatic heterocycles. The number of likely N-dealkylation sites (N-methyl/N-ethyl adjacent to an activating group) is 1. The molecule has 2 heterocycles. The number of amides is 1. The smallest absolute Gasteiger partial charge is 0.259 e. The van der Waals surface area contributed by atoms with E-state index in [4.69, 9.17) is 16.3 Å². The minimum absolute atomic E-state index is 0.255. The first-order valence-corrected chi connectivity index (χ1v) is 10.3. The normalized spacial score (nSPS) is 14.6. The van der Waals surface area contributed by atoms with Crippen LogP contribution < -0.4 is 15.0 Å². The number of para-hydroxylation sites is 2.